The Morgan fingerprint density at radius 2 is 1.76 bits per heavy atom. The van der Waals surface area contributed by atoms with Gasteiger partial charge in [0.15, 0.2) is 6.10 Å². The molecule has 0 saturated carbocycles. The molecule has 1 aliphatic rings. The SMILES string of the molecule is CCCCC/C=C\C[C@@]1(O)C=C(I)[C@H](OCOC)[C@@H]1[C@H](/C=C\CCCC(=O)OC)OC(=O)[C@H](OC)c1ccc2ccccc2c1. The maximum absolute atomic E-state index is 13.8. The average Bonchev–Trinajstić information content (AvgIpc) is 3.29. The lowest BCUT2D eigenvalue weighted by Crippen LogP contribution is -2.47. The summed E-state index contributed by atoms with van der Waals surface area (Å²) >= 11 is 2.18. The number of benzene rings is 2. The highest BCUT2D eigenvalue weighted by molar-refractivity contribution is 14.1. The van der Waals surface area contributed by atoms with Crippen LogP contribution in [0.4, 0.5) is 0 Å². The van der Waals surface area contributed by atoms with Gasteiger partial charge in [-0.3, -0.25) is 4.79 Å². The molecular formula is C36H47IO8. The highest BCUT2D eigenvalue weighted by Crippen LogP contribution is 2.45. The van der Waals surface area contributed by atoms with Crippen LogP contribution in [0.5, 0.6) is 0 Å². The van der Waals surface area contributed by atoms with E-state index < -0.39 is 35.8 Å². The van der Waals surface area contributed by atoms with Crippen LogP contribution in [0.1, 0.15) is 70.0 Å². The van der Waals surface area contributed by atoms with Crippen LogP contribution in [0, 0.1) is 5.92 Å². The number of carbonyl (C=O) groups is 2. The Morgan fingerprint density at radius 1 is 1.00 bits per heavy atom. The molecular weight excluding hydrogens is 687 g/mol. The molecule has 5 atom stereocenters. The predicted molar refractivity (Wildman–Crippen MR) is 184 cm³/mol. The van der Waals surface area contributed by atoms with Crippen LogP contribution in [0.15, 0.2) is 76.4 Å². The van der Waals surface area contributed by atoms with E-state index in [0.717, 1.165) is 40.0 Å². The first kappa shape index (κ1) is 36.9. The molecule has 3 rings (SSSR count). The molecule has 9 heteroatoms. The third kappa shape index (κ3) is 10.7. The van der Waals surface area contributed by atoms with Gasteiger partial charge in [-0.15, -0.1) is 0 Å². The van der Waals surface area contributed by atoms with Crippen molar-refractivity contribution in [1.29, 1.82) is 0 Å². The number of rotatable bonds is 19. The summed E-state index contributed by atoms with van der Waals surface area (Å²) in [5.41, 5.74) is -0.693. The minimum Gasteiger partial charge on any atom is -0.469 e. The maximum Gasteiger partial charge on any atom is 0.340 e. The molecule has 0 saturated heterocycles. The zero-order valence-corrected chi connectivity index (χ0v) is 28.9. The summed E-state index contributed by atoms with van der Waals surface area (Å²) in [4.78, 5) is 25.5. The number of unbranched alkanes of at least 4 members (excludes halogenated alkanes) is 4. The summed E-state index contributed by atoms with van der Waals surface area (Å²) in [7, 11) is 4.38. The first-order chi connectivity index (χ1) is 21.8. The normalized spacial score (nSPS) is 21.3. The van der Waals surface area contributed by atoms with Crippen LogP contribution in [0.2, 0.25) is 0 Å². The number of carbonyl (C=O) groups excluding carboxylic acids is 2. The zero-order chi connectivity index (χ0) is 32.7. The Balaban J connectivity index is 1.93. The van der Waals surface area contributed by atoms with E-state index in [-0.39, 0.29) is 19.2 Å². The summed E-state index contributed by atoms with van der Waals surface area (Å²) in [6, 6.07) is 13.6. The summed E-state index contributed by atoms with van der Waals surface area (Å²) < 4.78 is 28.8. The van der Waals surface area contributed by atoms with Gasteiger partial charge in [-0.25, -0.2) is 4.79 Å². The van der Waals surface area contributed by atoms with Crippen molar-refractivity contribution < 1.29 is 38.4 Å². The van der Waals surface area contributed by atoms with Gasteiger partial charge < -0.3 is 28.8 Å². The highest BCUT2D eigenvalue weighted by atomic mass is 127. The standard InChI is InChI=1S/C36H47IO8/c1-5-6-7-8-9-15-22-36(40)24-29(37)34(44-25-41-2)32(36)30(18-11-10-12-19-31(38)42-3)45-35(39)33(43-4)28-21-20-26-16-13-14-17-27(26)23-28/h9,11,13-18,20-21,23-24,30,32-34,40H,5-8,10,12,19,22,25H2,1-4H3/b15-9-,18-11-/t30-,32-,33+,34-,36+/m0/s1. The van der Waals surface area contributed by atoms with Gasteiger partial charge in [0.05, 0.1) is 18.6 Å². The van der Waals surface area contributed by atoms with Gasteiger partial charge in [-0.2, -0.15) is 0 Å². The molecule has 246 valence electrons. The van der Waals surface area contributed by atoms with Crippen LogP contribution in [-0.4, -0.2) is 63.0 Å². The van der Waals surface area contributed by atoms with Crippen molar-refractivity contribution in [2.24, 2.45) is 5.92 Å². The van der Waals surface area contributed by atoms with Gasteiger partial charge in [0.25, 0.3) is 0 Å². The van der Waals surface area contributed by atoms with E-state index in [1.54, 1.807) is 12.2 Å². The smallest absolute Gasteiger partial charge is 0.340 e. The Hall–Kier alpha value is -2.57. The minimum atomic E-state index is -1.36. The van der Waals surface area contributed by atoms with Crippen LogP contribution >= 0.6 is 22.6 Å². The number of ether oxygens (including phenoxy) is 5. The molecule has 0 aromatic heterocycles. The maximum atomic E-state index is 13.8. The quantitative estimate of drug-likeness (QED) is 0.0520. The molecule has 1 N–H and O–H groups in total. The predicted octanol–water partition coefficient (Wildman–Crippen LogP) is 7.53. The fourth-order valence-corrected chi connectivity index (χ4v) is 6.70. The first-order valence-electron chi connectivity index (χ1n) is 15.6. The molecule has 2 aromatic carbocycles. The minimum absolute atomic E-state index is 0.00570. The van der Waals surface area contributed by atoms with Crippen LogP contribution in [0.3, 0.4) is 0 Å². The van der Waals surface area contributed by atoms with Crippen LogP contribution < -0.4 is 0 Å². The number of allylic oxidation sites excluding steroid dienone is 2. The van der Waals surface area contributed by atoms with Crippen molar-refractivity contribution in [2.45, 2.75) is 82.2 Å². The summed E-state index contributed by atoms with van der Waals surface area (Å²) in [5.74, 6) is -1.54. The molecule has 0 spiro atoms. The van der Waals surface area contributed by atoms with Crippen molar-refractivity contribution >= 4 is 45.3 Å². The fourth-order valence-electron chi connectivity index (χ4n) is 5.59. The molecule has 0 unspecified atom stereocenters. The first-order valence-corrected chi connectivity index (χ1v) is 16.7. The molecule has 0 aliphatic heterocycles. The van der Waals surface area contributed by atoms with E-state index in [2.05, 4.69) is 35.6 Å². The summed E-state index contributed by atoms with van der Waals surface area (Å²) in [6.45, 7) is 2.17. The van der Waals surface area contributed by atoms with Crippen molar-refractivity contribution in [1.82, 2.24) is 0 Å². The molecule has 1 aliphatic carbocycles. The lowest BCUT2D eigenvalue weighted by molar-refractivity contribution is -0.171. The Labute approximate surface area is 280 Å². The topological polar surface area (TPSA) is 101 Å². The molecule has 0 heterocycles. The second-order valence-electron chi connectivity index (χ2n) is 11.2. The monoisotopic (exact) mass is 734 g/mol. The lowest BCUT2D eigenvalue weighted by Gasteiger charge is -2.36. The van der Waals surface area contributed by atoms with Gasteiger partial charge in [0, 0.05) is 24.2 Å². The molecule has 0 radical (unpaired) electrons. The molecule has 45 heavy (non-hydrogen) atoms. The van der Waals surface area contributed by atoms with Crippen molar-refractivity contribution in [3.63, 3.8) is 0 Å². The van der Waals surface area contributed by atoms with E-state index in [9.17, 15) is 14.7 Å². The van der Waals surface area contributed by atoms with E-state index in [1.165, 1.54) is 21.3 Å². The molecule has 8 nitrogen and oxygen atoms in total. The van der Waals surface area contributed by atoms with Gasteiger partial charge in [0.1, 0.15) is 19.0 Å². The summed E-state index contributed by atoms with van der Waals surface area (Å²) in [6.07, 6.45) is 13.1. The molecule has 0 amide bonds. The van der Waals surface area contributed by atoms with Gasteiger partial charge in [-0.05, 0) is 89.2 Å². The van der Waals surface area contributed by atoms with E-state index in [4.69, 9.17) is 23.7 Å². The average molecular weight is 735 g/mol. The Bertz CT molecular complexity index is 1320. The van der Waals surface area contributed by atoms with Gasteiger partial charge in [-0.1, -0.05) is 74.4 Å². The number of aliphatic hydroxyl groups is 1. The molecule has 2 aromatic rings. The van der Waals surface area contributed by atoms with Crippen LogP contribution in [-0.2, 0) is 33.3 Å². The number of fused-ring (bicyclic) bond motifs is 1. The van der Waals surface area contributed by atoms with E-state index in [0.29, 0.717) is 24.8 Å². The fraction of sp³-hybridized carbons (Fsp3) is 0.500. The zero-order valence-electron chi connectivity index (χ0n) is 26.8. The second kappa shape index (κ2) is 19.2. The van der Waals surface area contributed by atoms with Crippen molar-refractivity contribution in [3.05, 3.63) is 82.0 Å². The van der Waals surface area contributed by atoms with Gasteiger partial charge >= 0.3 is 11.9 Å². The number of methoxy groups -OCH3 is 3. The molecule has 0 bridgehead atoms. The molecule has 0 fully saturated rings. The van der Waals surface area contributed by atoms with Gasteiger partial charge in [0.2, 0.25) is 0 Å². The Morgan fingerprint density at radius 3 is 2.47 bits per heavy atom. The van der Waals surface area contributed by atoms with E-state index >= 15 is 0 Å². The third-order valence-electron chi connectivity index (χ3n) is 7.95. The summed E-state index contributed by atoms with van der Waals surface area (Å²) in [5, 5.41) is 14.2. The number of hydrogen-bond donors (Lipinski definition) is 1. The largest absolute Gasteiger partial charge is 0.469 e. The van der Waals surface area contributed by atoms with E-state index in [1.807, 2.05) is 54.6 Å². The van der Waals surface area contributed by atoms with Crippen molar-refractivity contribution in [3.8, 4) is 0 Å². The Kier molecular flexibility index (Phi) is 15.7. The van der Waals surface area contributed by atoms with Crippen molar-refractivity contribution in [2.75, 3.05) is 28.1 Å². The lowest BCUT2D eigenvalue weighted by atomic mass is 9.81. The number of esters is 2. The number of halogens is 1. The third-order valence-corrected chi connectivity index (χ3v) is 8.88. The second-order valence-corrected chi connectivity index (χ2v) is 12.5. The highest BCUT2D eigenvalue weighted by Gasteiger charge is 2.51. The number of hydrogen-bond acceptors (Lipinski definition) is 8. The van der Waals surface area contributed by atoms with Crippen LogP contribution in [0.25, 0.3) is 10.8 Å².